The van der Waals surface area contributed by atoms with Crippen molar-refractivity contribution in [3.63, 3.8) is 0 Å². The van der Waals surface area contributed by atoms with E-state index in [1.807, 2.05) is 0 Å². The highest BCUT2D eigenvalue weighted by molar-refractivity contribution is 7.95. The first-order valence-corrected chi connectivity index (χ1v) is 8.81. The minimum Gasteiger partial charge on any atom is -0.506 e. The number of anilines is 2. The number of nitrogens with two attached hydrogens (primary N) is 1. The van der Waals surface area contributed by atoms with E-state index in [9.17, 15) is 18.3 Å². The molecular weight excluding hydrogens is 350 g/mol. The third-order valence-electron chi connectivity index (χ3n) is 2.25. The van der Waals surface area contributed by atoms with E-state index in [0.29, 0.717) is 0 Å². The summed E-state index contributed by atoms with van der Waals surface area (Å²) in [5, 5.41) is 11.9. The van der Waals surface area contributed by atoms with Gasteiger partial charge in [-0.15, -0.1) is 11.3 Å². The predicted molar refractivity (Wildman–Crippen MR) is 84.4 cm³/mol. The Morgan fingerprint density at radius 3 is 2.82 bits per heavy atom. The van der Waals surface area contributed by atoms with Gasteiger partial charge in [0, 0.05) is 0 Å². The molecule has 118 valence electrons. The van der Waals surface area contributed by atoms with E-state index >= 15 is 0 Å². The fraction of sp³-hybridized carbons (Fsp3) is 0.100. The number of aliphatic hydroxyl groups excluding tert-OH is 1. The summed E-state index contributed by atoms with van der Waals surface area (Å²) in [5.41, 5.74) is 6.56. The van der Waals surface area contributed by atoms with Gasteiger partial charge in [-0.2, -0.15) is 0 Å². The molecule has 2 aromatic rings. The van der Waals surface area contributed by atoms with Crippen LogP contribution in [0.2, 0.25) is 0 Å². The van der Waals surface area contributed by atoms with E-state index in [-0.39, 0.29) is 32.3 Å². The lowest BCUT2D eigenvalue weighted by Crippen LogP contribution is -2.21. The van der Waals surface area contributed by atoms with Gasteiger partial charge < -0.3 is 16.2 Å². The molecule has 2 aromatic heterocycles. The number of aromatic nitrogens is 2. The number of carbonyl (C=O) groups is 1. The molecule has 0 unspecified atom stereocenters. The molecule has 22 heavy (non-hydrogen) atoms. The highest BCUT2D eigenvalue weighted by atomic mass is 32.2. The molecule has 5 N–H and O–H groups in total. The van der Waals surface area contributed by atoms with Crippen LogP contribution >= 0.6 is 22.7 Å². The molecule has 1 amide bonds. The number of sulfonamides is 1. The Bertz CT molecular complexity index is 810. The number of nitrogens with zero attached hydrogens (tertiary/aromatic N) is 2. The number of aliphatic hydroxyl groups is 1. The molecule has 2 rings (SSSR count). The van der Waals surface area contributed by atoms with E-state index in [0.717, 1.165) is 28.9 Å². The van der Waals surface area contributed by atoms with E-state index in [2.05, 4.69) is 26.6 Å². The van der Waals surface area contributed by atoms with Crippen LogP contribution in [-0.2, 0) is 14.8 Å². The van der Waals surface area contributed by atoms with Crippen molar-refractivity contribution in [2.24, 2.45) is 5.73 Å². The highest BCUT2D eigenvalue weighted by Gasteiger charge is 2.22. The van der Waals surface area contributed by atoms with Crippen molar-refractivity contribution in [1.82, 2.24) is 9.97 Å². The molecule has 0 aliphatic carbocycles. The Kier molecular flexibility index (Phi) is 4.75. The summed E-state index contributed by atoms with van der Waals surface area (Å²) in [7, 11) is -3.92. The Morgan fingerprint density at radius 1 is 1.45 bits per heavy atom. The van der Waals surface area contributed by atoms with Gasteiger partial charge in [0.15, 0.2) is 9.34 Å². The molecule has 0 fully saturated rings. The average molecular weight is 361 g/mol. The molecule has 0 saturated heterocycles. The highest BCUT2D eigenvalue weighted by Crippen LogP contribution is 2.30. The predicted octanol–water partition coefficient (Wildman–Crippen LogP) is 0.826. The largest absolute Gasteiger partial charge is 0.506 e. The van der Waals surface area contributed by atoms with Crippen LogP contribution in [0.1, 0.15) is 5.69 Å². The van der Waals surface area contributed by atoms with E-state index < -0.39 is 15.9 Å². The van der Waals surface area contributed by atoms with Gasteiger partial charge in [-0.3, -0.25) is 9.52 Å². The van der Waals surface area contributed by atoms with Crippen LogP contribution < -0.4 is 15.8 Å². The van der Waals surface area contributed by atoms with Gasteiger partial charge in [-0.05, 0) is 0 Å². The zero-order valence-corrected chi connectivity index (χ0v) is 13.4. The van der Waals surface area contributed by atoms with Gasteiger partial charge in [0.25, 0.3) is 10.0 Å². The first-order valence-electron chi connectivity index (χ1n) is 5.64. The van der Waals surface area contributed by atoms with Crippen molar-refractivity contribution < 1.29 is 18.3 Å². The third kappa shape index (κ3) is 3.59. The lowest BCUT2D eigenvalue weighted by molar-refractivity contribution is -0.114. The third-order valence-corrected chi connectivity index (χ3v) is 5.84. The summed E-state index contributed by atoms with van der Waals surface area (Å²) >= 11 is 1.77. The van der Waals surface area contributed by atoms with Gasteiger partial charge in [0.05, 0.1) is 18.3 Å². The zero-order chi connectivity index (χ0) is 16.3. The summed E-state index contributed by atoms with van der Waals surface area (Å²) in [5.74, 6) is -0.827. The van der Waals surface area contributed by atoms with Crippen LogP contribution in [0.4, 0.5) is 10.1 Å². The molecule has 0 bridgehead atoms. The summed E-state index contributed by atoms with van der Waals surface area (Å²) in [6.07, 6.45) is 1.10. The van der Waals surface area contributed by atoms with Crippen molar-refractivity contribution in [2.75, 3.05) is 16.6 Å². The van der Waals surface area contributed by atoms with Crippen LogP contribution in [0.5, 0.6) is 0 Å². The van der Waals surface area contributed by atoms with Gasteiger partial charge in [-0.25, -0.2) is 18.4 Å². The topological polar surface area (TPSA) is 147 Å². The second-order valence-corrected chi connectivity index (χ2v) is 7.61. The summed E-state index contributed by atoms with van der Waals surface area (Å²) < 4.78 is 26.6. The second kappa shape index (κ2) is 6.39. The van der Waals surface area contributed by atoms with Crippen molar-refractivity contribution >= 4 is 54.5 Å². The van der Waals surface area contributed by atoms with Gasteiger partial charge >= 0.3 is 0 Å². The molecule has 2 heterocycles. The van der Waals surface area contributed by atoms with Gasteiger partial charge in [0.2, 0.25) is 5.91 Å². The lowest BCUT2D eigenvalue weighted by atomic mass is 10.4. The number of hydrogen-bond donors (Lipinski definition) is 4. The Balaban J connectivity index is 2.22. The van der Waals surface area contributed by atoms with Crippen LogP contribution in [0.15, 0.2) is 22.5 Å². The van der Waals surface area contributed by atoms with Gasteiger partial charge in [0.1, 0.15) is 16.5 Å². The maximum Gasteiger partial charge on any atom is 0.273 e. The Hall–Kier alpha value is -2.02. The molecule has 0 atom stereocenters. The SMILES string of the molecule is C=C(O)c1ncsc1NS(=O)(=O)c1cnc(NC(=O)CN)s1. The van der Waals surface area contributed by atoms with Crippen LogP contribution in [0.25, 0.3) is 5.76 Å². The molecule has 12 heteroatoms. The number of rotatable bonds is 6. The minimum atomic E-state index is -3.92. The molecule has 0 radical (unpaired) electrons. The van der Waals surface area contributed by atoms with Crippen molar-refractivity contribution in [3.05, 3.63) is 24.0 Å². The summed E-state index contributed by atoms with van der Waals surface area (Å²) in [4.78, 5) is 18.7. The summed E-state index contributed by atoms with van der Waals surface area (Å²) in [6.45, 7) is 3.07. The number of nitrogens with one attached hydrogen (secondary N) is 2. The molecule has 0 spiro atoms. The monoisotopic (exact) mass is 361 g/mol. The Morgan fingerprint density at radius 2 is 2.18 bits per heavy atom. The lowest BCUT2D eigenvalue weighted by Gasteiger charge is -2.04. The van der Waals surface area contributed by atoms with Crippen LogP contribution in [0, 0.1) is 0 Å². The van der Waals surface area contributed by atoms with Gasteiger partial charge in [-0.1, -0.05) is 17.9 Å². The smallest absolute Gasteiger partial charge is 0.273 e. The maximum absolute atomic E-state index is 12.2. The van der Waals surface area contributed by atoms with E-state index in [1.54, 1.807) is 0 Å². The average Bonchev–Trinajstić information content (AvgIpc) is 3.07. The standard InChI is InChI=1S/C10H11N5O4S3/c1-5(16)8-9(20-4-13-8)15-22(18,19)7-3-12-10(21-7)14-6(17)2-11/h3-4,15-16H,1-2,11H2,(H,12,14,17). The Labute approximate surface area is 133 Å². The van der Waals surface area contributed by atoms with Crippen molar-refractivity contribution in [2.45, 2.75) is 4.21 Å². The second-order valence-electron chi connectivity index (χ2n) is 3.82. The van der Waals surface area contributed by atoms with E-state index in [4.69, 9.17) is 5.73 Å². The number of amides is 1. The maximum atomic E-state index is 12.2. The fourth-order valence-corrected chi connectivity index (χ4v) is 4.38. The first-order chi connectivity index (χ1) is 10.3. The van der Waals surface area contributed by atoms with Crippen molar-refractivity contribution in [1.29, 1.82) is 0 Å². The molecule has 0 aromatic carbocycles. The number of thiazole rings is 2. The van der Waals surface area contributed by atoms with Crippen LogP contribution in [0.3, 0.4) is 0 Å². The molecular formula is C10H11N5O4S3. The minimum absolute atomic E-state index is 0.0507. The number of hydrogen-bond acceptors (Lipinski definition) is 9. The number of carbonyl (C=O) groups excluding carboxylic acids is 1. The quantitative estimate of drug-likeness (QED) is 0.557. The molecule has 9 nitrogen and oxygen atoms in total. The molecule has 0 saturated carbocycles. The van der Waals surface area contributed by atoms with Crippen LogP contribution in [-0.4, -0.2) is 35.9 Å². The van der Waals surface area contributed by atoms with Crippen molar-refractivity contribution in [3.8, 4) is 0 Å². The molecule has 0 aliphatic heterocycles. The zero-order valence-electron chi connectivity index (χ0n) is 10.9. The first kappa shape index (κ1) is 16.4. The summed E-state index contributed by atoms with van der Waals surface area (Å²) in [6, 6.07) is 0. The molecule has 0 aliphatic rings. The van der Waals surface area contributed by atoms with E-state index in [1.165, 1.54) is 5.51 Å². The fourth-order valence-electron chi connectivity index (χ4n) is 1.31. The normalized spacial score (nSPS) is 11.1.